The van der Waals surface area contributed by atoms with Gasteiger partial charge < -0.3 is 14.6 Å². The summed E-state index contributed by atoms with van der Waals surface area (Å²) >= 11 is 0. The molecule has 0 spiro atoms. The van der Waals surface area contributed by atoms with Gasteiger partial charge in [-0.15, -0.1) is 0 Å². The molecule has 3 aromatic rings. The van der Waals surface area contributed by atoms with Crippen LogP contribution in [-0.2, 0) is 21.4 Å². The molecule has 0 atom stereocenters. The summed E-state index contributed by atoms with van der Waals surface area (Å²) in [5, 5.41) is 2.88. The van der Waals surface area contributed by atoms with Crippen molar-refractivity contribution in [2.75, 3.05) is 39.0 Å². The van der Waals surface area contributed by atoms with E-state index in [4.69, 9.17) is 4.42 Å². The molecule has 1 fully saturated rings. The molecule has 1 aromatic heterocycles. The maximum absolute atomic E-state index is 13.1. The first-order valence-electron chi connectivity index (χ1n) is 11.0. The molecule has 11 heteroatoms. The summed E-state index contributed by atoms with van der Waals surface area (Å²) in [4.78, 5) is 27.0. The zero-order chi connectivity index (χ0) is 24.5. The number of benzene rings is 2. The second-order valence-corrected chi connectivity index (χ2v) is 10.6. The van der Waals surface area contributed by atoms with Crippen LogP contribution in [0.3, 0.4) is 0 Å². The van der Waals surface area contributed by atoms with Crippen LogP contribution < -0.4 is 11.1 Å². The maximum Gasteiger partial charge on any atom is 0.419 e. The molecule has 2 aromatic carbocycles. The lowest BCUT2D eigenvalue weighted by Crippen LogP contribution is -2.41. The zero-order valence-corrected chi connectivity index (χ0v) is 19.8. The van der Waals surface area contributed by atoms with E-state index in [-0.39, 0.29) is 29.8 Å². The number of anilines is 1. The predicted octanol–water partition coefficient (Wildman–Crippen LogP) is 2.33. The monoisotopic (exact) mass is 490 g/mol. The second kappa shape index (κ2) is 9.69. The average molecular weight is 491 g/mol. The lowest BCUT2D eigenvalue weighted by molar-refractivity contribution is -0.120. The van der Waals surface area contributed by atoms with Gasteiger partial charge in [-0.25, -0.2) is 17.6 Å². The number of rotatable bonds is 7. The van der Waals surface area contributed by atoms with Crippen LogP contribution in [0.5, 0.6) is 0 Å². The van der Waals surface area contributed by atoms with Gasteiger partial charge in [-0.2, -0.15) is 4.31 Å². The van der Waals surface area contributed by atoms with E-state index >= 15 is 0 Å². The van der Waals surface area contributed by atoms with E-state index in [1.54, 1.807) is 18.2 Å². The summed E-state index contributed by atoms with van der Waals surface area (Å²) in [7, 11) is 0.0872. The van der Waals surface area contributed by atoms with Crippen LogP contribution in [-0.4, -0.2) is 61.8 Å². The number of hydrogen-bond acceptors (Lipinski definition) is 6. The molecule has 0 unspecified atom stereocenters. The van der Waals surface area contributed by atoms with Crippen molar-refractivity contribution in [1.29, 1.82) is 0 Å². The fourth-order valence-corrected chi connectivity index (χ4v) is 5.48. The molecule has 0 aliphatic carbocycles. The van der Waals surface area contributed by atoms with E-state index in [0.717, 1.165) is 12.1 Å². The van der Waals surface area contributed by atoms with Gasteiger partial charge in [-0.05, 0) is 69.4 Å². The summed E-state index contributed by atoms with van der Waals surface area (Å²) in [5.41, 5.74) is 1.59. The number of fused-ring (bicyclic) bond motifs is 1. The molecule has 2 heterocycles. The SMILES string of the molecule is CN(C)CCn1c(=O)oc2ccc(NC(=O)C3CCN(S(=O)(=O)c4ccc(F)cc4)CC3)cc21. The molecule has 34 heavy (non-hydrogen) atoms. The molecule has 9 nitrogen and oxygen atoms in total. The Hall–Kier alpha value is -3.02. The predicted molar refractivity (Wildman–Crippen MR) is 126 cm³/mol. The van der Waals surface area contributed by atoms with E-state index in [1.807, 2.05) is 19.0 Å². The van der Waals surface area contributed by atoms with E-state index in [9.17, 15) is 22.4 Å². The van der Waals surface area contributed by atoms with Gasteiger partial charge in [0, 0.05) is 37.8 Å². The highest BCUT2D eigenvalue weighted by molar-refractivity contribution is 7.89. The number of likely N-dealkylation sites (N-methyl/N-ethyl adjacent to an activating group) is 1. The summed E-state index contributed by atoms with van der Waals surface area (Å²) in [5.74, 6) is -1.51. The highest BCUT2D eigenvalue weighted by Crippen LogP contribution is 2.26. The van der Waals surface area contributed by atoms with Crippen LogP contribution in [0.15, 0.2) is 56.6 Å². The Balaban J connectivity index is 1.41. The van der Waals surface area contributed by atoms with Crippen LogP contribution in [0, 0.1) is 11.7 Å². The third kappa shape index (κ3) is 5.06. The lowest BCUT2D eigenvalue weighted by Gasteiger charge is -2.30. The molecule has 182 valence electrons. The molecule has 1 aliphatic heterocycles. The average Bonchev–Trinajstić information content (AvgIpc) is 3.12. The molecule has 1 N–H and O–H groups in total. The quantitative estimate of drug-likeness (QED) is 0.545. The molecule has 0 radical (unpaired) electrons. The Morgan fingerprint density at radius 3 is 2.47 bits per heavy atom. The third-order valence-corrected chi connectivity index (χ3v) is 7.89. The van der Waals surface area contributed by atoms with Gasteiger partial charge in [-0.3, -0.25) is 9.36 Å². The minimum Gasteiger partial charge on any atom is -0.408 e. The lowest BCUT2D eigenvalue weighted by atomic mass is 9.97. The highest BCUT2D eigenvalue weighted by atomic mass is 32.2. The van der Waals surface area contributed by atoms with Crippen molar-refractivity contribution < 1.29 is 22.0 Å². The molecule has 4 rings (SSSR count). The molecule has 1 saturated heterocycles. The van der Waals surface area contributed by atoms with E-state index in [2.05, 4.69) is 5.32 Å². The minimum absolute atomic E-state index is 0.0329. The van der Waals surface area contributed by atoms with Gasteiger partial charge in [0.2, 0.25) is 15.9 Å². The first-order chi connectivity index (χ1) is 16.1. The van der Waals surface area contributed by atoms with Crippen LogP contribution >= 0.6 is 0 Å². The third-order valence-electron chi connectivity index (χ3n) is 5.98. The van der Waals surface area contributed by atoms with Crippen molar-refractivity contribution in [2.24, 2.45) is 5.92 Å². The van der Waals surface area contributed by atoms with Crippen LogP contribution in [0.1, 0.15) is 12.8 Å². The van der Waals surface area contributed by atoms with E-state index in [0.29, 0.717) is 42.7 Å². The van der Waals surface area contributed by atoms with Crippen molar-refractivity contribution in [3.63, 3.8) is 0 Å². The fourth-order valence-electron chi connectivity index (χ4n) is 4.01. The number of carbonyl (C=O) groups is 1. The molecule has 0 bridgehead atoms. The standard InChI is InChI=1S/C23H27FN4O5S/c1-26(2)13-14-28-20-15-18(5-8-21(20)33-23(28)30)25-22(29)16-9-11-27(12-10-16)34(31,32)19-6-3-17(24)4-7-19/h3-8,15-16H,9-14H2,1-2H3,(H,25,29). The summed E-state index contributed by atoms with van der Waals surface area (Å²) in [6.45, 7) is 1.51. The number of sulfonamides is 1. The molecule has 1 aliphatic rings. The Kier molecular flexibility index (Phi) is 6.87. The number of piperidine rings is 1. The van der Waals surface area contributed by atoms with Crippen molar-refractivity contribution in [2.45, 2.75) is 24.3 Å². The van der Waals surface area contributed by atoms with Gasteiger partial charge in [0.05, 0.1) is 10.4 Å². The molecule has 0 saturated carbocycles. The molecular formula is C23H27FN4O5S. The van der Waals surface area contributed by atoms with Crippen LogP contribution in [0.2, 0.25) is 0 Å². The smallest absolute Gasteiger partial charge is 0.408 e. The summed E-state index contributed by atoms with van der Waals surface area (Å²) in [6.07, 6.45) is 0.738. The Bertz CT molecular complexity index is 1340. The van der Waals surface area contributed by atoms with Crippen molar-refractivity contribution in [1.82, 2.24) is 13.8 Å². The van der Waals surface area contributed by atoms with Gasteiger partial charge >= 0.3 is 5.76 Å². The maximum atomic E-state index is 13.1. The molecule has 1 amide bonds. The van der Waals surface area contributed by atoms with Crippen molar-refractivity contribution >= 4 is 32.7 Å². The number of nitrogens with zero attached hydrogens (tertiary/aromatic N) is 3. The van der Waals surface area contributed by atoms with Crippen LogP contribution in [0.25, 0.3) is 11.1 Å². The van der Waals surface area contributed by atoms with Gasteiger partial charge in [-0.1, -0.05) is 0 Å². The normalized spacial score (nSPS) is 15.8. The zero-order valence-electron chi connectivity index (χ0n) is 19.0. The molecular weight excluding hydrogens is 463 g/mol. The number of hydrogen-bond donors (Lipinski definition) is 1. The highest BCUT2D eigenvalue weighted by Gasteiger charge is 2.32. The number of nitrogens with one attached hydrogen (secondary N) is 1. The van der Waals surface area contributed by atoms with Crippen molar-refractivity contribution in [3.8, 4) is 0 Å². The second-order valence-electron chi connectivity index (χ2n) is 8.63. The van der Waals surface area contributed by atoms with Gasteiger partial charge in [0.1, 0.15) is 5.82 Å². The van der Waals surface area contributed by atoms with Gasteiger partial charge in [0.25, 0.3) is 0 Å². The Morgan fingerprint density at radius 2 is 1.82 bits per heavy atom. The number of amides is 1. The topological polar surface area (TPSA) is 105 Å². The van der Waals surface area contributed by atoms with E-state index < -0.39 is 21.6 Å². The number of carbonyl (C=O) groups excluding carboxylic acids is 1. The number of halogens is 1. The largest absolute Gasteiger partial charge is 0.419 e. The summed E-state index contributed by atoms with van der Waals surface area (Å²) in [6, 6.07) is 9.75. The first kappa shape index (κ1) is 24.1. The fraction of sp³-hybridized carbons (Fsp3) is 0.391. The summed E-state index contributed by atoms with van der Waals surface area (Å²) < 4.78 is 46.8. The minimum atomic E-state index is -3.74. The Labute approximate surface area is 196 Å². The number of oxazole rings is 1. The van der Waals surface area contributed by atoms with Crippen molar-refractivity contribution in [3.05, 3.63) is 58.8 Å². The van der Waals surface area contributed by atoms with Crippen LogP contribution in [0.4, 0.5) is 10.1 Å². The van der Waals surface area contributed by atoms with Gasteiger partial charge in [0.15, 0.2) is 5.58 Å². The first-order valence-corrected chi connectivity index (χ1v) is 12.4. The number of aromatic nitrogens is 1. The Morgan fingerprint density at radius 1 is 1.15 bits per heavy atom. The van der Waals surface area contributed by atoms with E-state index in [1.165, 1.54) is 21.0 Å².